The number of esters is 2. The van der Waals surface area contributed by atoms with Crippen LogP contribution in [-0.2, 0) is 32.7 Å². The van der Waals surface area contributed by atoms with Crippen molar-refractivity contribution in [3.63, 3.8) is 0 Å². The van der Waals surface area contributed by atoms with Crippen molar-refractivity contribution in [3.05, 3.63) is 48.6 Å². The normalized spacial score (nSPS) is 14.9. The SMILES string of the molecule is CCCCCCCCCCCCCCCCCC(=O)OC[C@H](COP(=O)(O)OC[C@@H](O)CO)OC(=O)CCC/C=C\C/C=C\C/C=C\C/C=C\[C@H](O)CCCC. The summed E-state index contributed by atoms with van der Waals surface area (Å²) >= 11 is 0. The topological polar surface area (TPSA) is 169 Å². The molecule has 326 valence electrons. The highest BCUT2D eigenvalue weighted by atomic mass is 31.2. The summed E-state index contributed by atoms with van der Waals surface area (Å²) in [5.74, 6) is -1.01. The van der Waals surface area contributed by atoms with Gasteiger partial charge in [0.15, 0.2) is 6.10 Å². The van der Waals surface area contributed by atoms with E-state index in [4.69, 9.17) is 19.1 Å². The second-order valence-corrected chi connectivity index (χ2v) is 16.0. The zero-order chi connectivity index (χ0) is 41.4. The second-order valence-electron chi connectivity index (χ2n) is 14.5. The molecule has 0 radical (unpaired) electrons. The lowest BCUT2D eigenvalue weighted by Crippen LogP contribution is -2.29. The van der Waals surface area contributed by atoms with Gasteiger partial charge in [-0.15, -0.1) is 0 Å². The van der Waals surface area contributed by atoms with Crippen molar-refractivity contribution in [1.82, 2.24) is 0 Å². The van der Waals surface area contributed by atoms with Crippen molar-refractivity contribution >= 4 is 19.8 Å². The van der Waals surface area contributed by atoms with E-state index in [1.165, 1.54) is 70.6 Å². The van der Waals surface area contributed by atoms with Crippen LogP contribution in [0.25, 0.3) is 0 Å². The first-order valence-corrected chi connectivity index (χ1v) is 23.2. The Labute approximate surface area is 339 Å². The highest BCUT2D eigenvalue weighted by molar-refractivity contribution is 7.47. The van der Waals surface area contributed by atoms with Crippen LogP contribution in [0.5, 0.6) is 0 Å². The summed E-state index contributed by atoms with van der Waals surface area (Å²) in [6.45, 7) is 2.15. The molecule has 0 saturated carbocycles. The standard InChI is InChI=1S/C44H79O11P/c1-3-5-7-8-9-10-11-12-13-14-18-21-24-27-30-34-43(48)52-38-42(39-54-56(50,51)53-37-41(47)36-45)55-44(49)35-31-28-25-22-19-16-15-17-20-23-26-29-33-40(46)32-6-4-2/h15-16,20,22-23,25,29,33,40-42,45-47H,3-14,17-19,21,24,26-28,30-32,34-39H2,1-2H3,(H,50,51)/b16-15-,23-20-,25-22-,33-29-/t40-,41+,42-/m1/s1. The van der Waals surface area contributed by atoms with Crippen molar-refractivity contribution in [2.45, 2.75) is 193 Å². The van der Waals surface area contributed by atoms with Crippen LogP contribution in [-0.4, -0.2) is 76.9 Å². The van der Waals surface area contributed by atoms with Gasteiger partial charge < -0.3 is 29.7 Å². The summed E-state index contributed by atoms with van der Waals surface area (Å²) in [6.07, 6.45) is 38.4. The van der Waals surface area contributed by atoms with Gasteiger partial charge in [-0.2, -0.15) is 0 Å². The number of carbonyl (C=O) groups is 2. The fourth-order valence-electron chi connectivity index (χ4n) is 5.65. The number of ether oxygens (including phenoxy) is 2. The first-order chi connectivity index (χ1) is 27.1. The van der Waals surface area contributed by atoms with E-state index >= 15 is 0 Å². The Morgan fingerprint density at radius 2 is 1.07 bits per heavy atom. The van der Waals surface area contributed by atoms with Crippen LogP contribution < -0.4 is 0 Å². The van der Waals surface area contributed by atoms with Gasteiger partial charge in [0.1, 0.15) is 12.7 Å². The molecule has 0 spiro atoms. The summed E-state index contributed by atoms with van der Waals surface area (Å²) in [4.78, 5) is 34.9. The number of allylic oxidation sites excluding steroid dienone is 7. The van der Waals surface area contributed by atoms with Gasteiger partial charge in [0, 0.05) is 12.8 Å². The Morgan fingerprint density at radius 1 is 0.589 bits per heavy atom. The first-order valence-electron chi connectivity index (χ1n) is 21.7. The predicted molar refractivity (Wildman–Crippen MR) is 225 cm³/mol. The number of rotatable bonds is 40. The van der Waals surface area contributed by atoms with Crippen molar-refractivity contribution < 1.29 is 52.9 Å². The summed E-state index contributed by atoms with van der Waals surface area (Å²) in [5.41, 5.74) is 0. The molecule has 0 aromatic heterocycles. The van der Waals surface area contributed by atoms with Crippen molar-refractivity contribution in [3.8, 4) is 0 Å². The number of phosphoric ester groups is 1. The molecule has 0 amide bonds. The third-order valence-electron chi connectivity index (χ3n) is 9.06. The maximum atomic E-state index is 12.6. The molecule has 0 fully saturated rings. The average Bonchev–Trinajstić information content (AvgIpc) is 3.18. The molecule has 56 heavy (non-hydrogen) atoms. The molecule has 0 aliphatic carbocycles. The molecule has 0 aromatic rings. The third-order valence-corrected chi connectivity index (χ3v) is 10.0. The van der Waals surface area contributed by atoms with E-state index in [0.717, 1.165) is 57.8 Å². The quantitative estimate of drug-likeness (QED) is 0.0201. The fourth-order valence-corrected chi connectivity index (χ4v) is 6.44. The van der Waals surface area contributed by atoms with Gasteiger partial charge in [-0.3, -0.25) is 18.6 Å². The van der Waals surface area contributed by atoms with Gasteiger partial charge in [0.2, 0.25) is 0 Å². The third kappa shape index (κ3) is 38.7. The van der Waals surface area contributed by atoms with E-state index < -0.39 is 51.8 Å². The maximum Gasteiger partial charge on any atom is 0.472 e. The van der Waals surface area contributed by atoms with Crippen LogP contribution in [0.4, 0.5) is 0 Å². The Bertz CT molecular complexity index is 1090. The highest BCUT2D eigenvalue weighted by Gasteiger charge is 2.27. The zero-order valence-electron chi connectivity index (χ0n) is 35.0. The predicted octanol–water partition coefficient (Wildman–Crippen LogP) is 10.3. The van der Waals surface area contributed by atoms with E-state index in [1.807, 2.05) is 24.3 Å². The van der Waals surface area contributed by atoms with Crippen molar-refractivity contribution in [2.75, 3.05) is 26.4 Å². The van der Waals surface area contributed by atoms with Crippen LogP contribution in [0.2, 0.25) is 0 Å². The minimum absolute atomic E-state index is 0.0919. The molecule has 0 rings (SSSR count). The minimum atomic E-state index is -4.64. The van der Waals surface area contributed by atoms with Crippen molar-refractivity contribution in [1.29, 1.82) is 0 Å². The van der Waals surface area contributed by atoms with Crippen LogP contribution >= 0.6 is 7.82 Å². The van der Waals surface area contributed by atoms with E-state index in [9.17, 15) is 29.3 Å². The van der Waals surface area contributed by atoms with Gasteiger partial charge in [-0.25, -0.2) is 4.57 Å². The molecule has 0 saturated heterocycles. The van der Waals surface area contributed by atoms with Gasteiger partial charge in [-0.05, 0) is 44.9 Å². The lowest BCUT2D eigenvalue weighted by atomic mass is 10.0. The van der Waals surface area contributed by atoms with Gasteiger partial charge in [-0.1, -0.05) is 165 Å². The number of unbranched alkanes of at least 4 members (excludes halogenated alkanes) is 16. The number of hydrogen-bond donors (Lipinski definition) is 4. The van der Waals surface area contributed by atoms with Crippen LogP contribution in [0.1, 0.15) is 174 Å². The monoisotopic (exact) mass is 815 g/mol. The Hall–Kier alpha value is -2.11. The molecule has 0 aliphatic rings. The van der Waals surface area contributed by atoms with Gasteiger partial charge >= 0.3 is 19.8 Å². The number of aliphatic hydroxyl groups is 3. The molecule has 0 heterocycles. The van der Waals surface area contributed by atoms with E-state index in [2.05, 4.69) is 42.7 Å². The number of phosphoric acid groups is 1. The van der Waals surface area contributed by atoms with Gasteiger partial charge in [0.25, 0.3) is 0 Å². The van der Waals surface area contributed by atoms with Crippen molar-refractivity contribution in [2.24, 2.45) is 0 Å². The lowest BCUT2D eigenvalue weighted by molar-refractivity contribution is -0.161. The van der Waals surface area contributed by atoms with Gasteiger partial charge in [0.05, 0.1) is 25.9 Å². The molecular formula is C44H79O11P. The molecule has 4 atom stereocenters. The molecular weight excluding hydrogens is 735 g/mol. The van der Waals surface area contributed by atoms with E-state index in [0.29, 0.717) is 19.3 Å². The molecule has 12 heteroatoms. The molecule has 1 unspecified atom stereocenters. The smallest absolute Gasteiger partial charge is 0.462 e. The van der Waals surface area contributed by atoms with Crippen LogP contribution in [0.3, 0.4) is 0 Å². The lowest BCUT2D eigenvalue weighted by Gasteiger charge is -2.20. The number of carbonyl (C=O) groups excluding carboxylic acids is 2. The van der Waals surface area contributed by atoms with E-state index in [1.54, 1.807) is 0 Å². The maximum absolute atomic E-state index is 12.6. The highest BCUT2D eigenvalue weighted by Crippen LogP contribution is 2.43. The minimum Gasteiger partial charge on any atom is -0.462 e. The average molecular weight is 815 g/mol. The molecule has 0 aliphatic heterocycles. The largest absolute Gasteiger partial charge is 0.472 e. The molecule has 11 nitrogen and oxygen atoms in total. The zero-order valence-corrected chi connectivity index (χ0v) is 35.8. The summed E-state index contributed by atoms with van der Waals surface area (Å²) < 4.78 is 32.6. The number of aliphatic hydroxyl groups excluding tert-OH is 3. The summed E-state index contributed by atoms with van der Waals surface area (Å²) in [7, 11) is -4.64. The van der Waals surface area contributed by atoms with E-state index in [-0.39, 0.29) is 25.6 Å². The number of hydrogen-bond acceptors (Lipinski definition) is 10. The molecule has 0 aromatic carbocycles. The Balaban J connectivity index is 4.42. The first kappa shape index (κ1) is 53.9. The Kier molecular flexibility index (Phi) is 38.2. The Morgan fingerprint density at radius 3 is 1.62 bits per heavy atom. The fraction of sp³-hybridized carbons (Fsp3) is 0.773. The molecule has 0 bridgehead atoms. The summed E-state index contributed by atoms with van der Waals surface area (Å²) in [5, 5.41) is 28.1. The summed E-state index contributed by atoms with van der Waals surface area (Å²) in [6, 6.07) is 0. The van der Waals surface area contributed by atoms with Crippen LogP contribution in [0, 0.1) is 0 Å². The second kappa shape index (κ2) is 39.7. The molecule has 4 N–H and O–H groups in total. The van der Waals surface area contributed by atoms with Crippen LogP contribution in [0.15, 0.2) is 48.6 Å².